The van der Waals surface area contributed by atoms with Gasteiger partial charge in [0.25, 0.3) is 0 Å². The first-order valence-corrected chi connectivity index (χ1v) is 7.12. The van der Waals surface area contributed by atoms with E-state index in [0.29, 0.717) is 21.2 Å². The van der Waals surface area contributed by atoms with E-state index in [4.69, 9.17) is 27.9 Å². The van der Waals surface area contributed by atoms with E-state index in [1.165, 1.54) is 0 Å². The van der Waals surface area contributed by atoms with Gasteiger partial charge in [0.05, 0.1) is 5.56 Å². The Morgan fingerprint density at radius 3 is 2.14 bits per heavy atom. The lowest BCUT2D eigenvalue weighted by molar-refractivity contribution is 0.0473. The predicted octanol–water partition coefficient (Wildman–Crippen LogP) is 4.42. The molecule has 0 atom stereocenters. The minimum absolute atomic E-state index is 0.0484. The Labute approximate surface area is 134 Å². The van der Waals surface area contributed by atoms with Crippen molar-refractivity contribution >= 4 is 34.9 Å². The summed E-state index contributed by atoms with van der Waals surface area (Å²) in [6.07, 6.45) is 0. The maximum absolute atomic E-state index is 12.0. The zero-order valence-corrected chi connectivity index (χ0v) is 13.3. The first kappa shape index (κ1) is 15.7. The molecule has 0 aliphatic heterocycles. The average molecular weight is 324 g/mol. The first-order valence-electron chi connectivity index (χ1n) is 6.36. The second-order valence-corrected chi connectivity index (χ2v) is 5.53. The second kappa shape index (κ2) is 6.83. The predicted molar refractivity (Wildman–Crippen MR) is 86.4 cm³/mol. The van der Waals surface area contributed by atoms with E-state index < -0.39 is 5.97 Å². The number of ether oxygens (including phenoxy) is 1. The smallest absolute Gasteiger partial charge is 0.338 e. The van der Waals surface area contributed by atoms with Crippen LogP contribution in [0.5, 0.6) is 0 Å². The summed E-state index contributed by atoms with van der Waals surface area (Å²) in [6, 6.07) is 12.3. The minimum Gasteiger partial charge on any atom is -0.457 e. The molecule has 0 aliphatic carbocycles. The molecule has 0 aromatic heterocycles. The molecule has 2 rings (SSSR count). The summed E-state index contributed by atoms with van der Waals surface area (Å²) in [7, 11) is 3.87. The molecule has 2 aromatic carbocycles. The van der Waals surface area contributed by atoms with Crippen LogP contribution < -0.4 is 4.90 Å². The number of rotatable bonds is 4. The second-order valence-electron chi connectivity index (χ2n) is 4.72. The third-order valence-corrected chi connectivity index (χ3v) is 3.74. The lowest BCUT2D eigenvalue weighted by Gasteiger charge is -2.12. The lowest BCUT2D eigenvalue weighted by Crippen LogP contribution is -2.10. The average Bonchev–Trinajstić information content (AvgIpc) is 2.46. The van der Waals surface area contributed by atoms with Crippen LogP contribution in [0, 0.1) is 0 Å². The standard InChI is InChI=1S/C16H15Cl2NO2/c1-19(2)12-8-6-11(7-9-12)16(20)21-10-13-14(17)4-3-5-15(13)18/h3-9H,10H2,1-2H3. The van der Waals surface area contributed by atoms with Crippen molar-refractivity contribution in [3.05, 3.63) is 63.6 Å². The Bertz CT molecular complexity index is 619. The Morgan fingerprint density at radius 1 is 1.05 bits per heavy atom. The van der Waals surface area contributed by atoms with Crippen LogP contribution in [0.4, 0.5) is 5.69 Å². The van der Waals surface area contributed by atoms with E-state index in [1.54, 1.807) is 30.3 Å². The summed E-state index contributed by atoms with van der Waals surface area (Å²) in [5.74, 6) is -0.406. The van der Waals surface area contributed by atoms with Gasteiger partial charge in [0, 0.05) is 35.4 Å². The Hall–Kier alpha value is -1.71. The first-order chi connectivity index (χ1) is 9.99. The molecule has 5 heteroatoms. The number of anilines is 1. The van der Waals surface area contributed by atoms with Crippen molar-refractivity contribution in [1.82, 2.24) is 0 Å². The topological polar surface area (TPSA) is 29.5 Å². The fraction of sp³-hybridized carbons (Fsp3) is 0.188. The molecule has 110 valence electrons. The van der Waals surface area contributed by atoms with E-state index in [0.717, 1.165) is 5.69 Å². The van der Waals surface area contributed by atoms with E-state index in [-0.39, 0.29) is 6.61 Å². The highest BCUT2D eigenvalue weighted by Gasteiger charge is 2.11. The van der Waals surface area contributed by atoms with Gasteiger partial charge in [-0.3, -0.25) is 0 Å². The number of hydrogen-bond acceptors (Lipinski definition) is 3. The number of halogens is 2. The number of benzene rings is 2. The number of carbonyl (C=O) groups is 1. The SMILES string of the molecule is CN(C)c1ccc(C(=O)OCc2c(Cl)cccc2Cl)cc1. The van der Waals surface area contributed by atoms with Crippen molar-refractivity contribution in [2.45, 2.75) is 6.61 Å². The fourth-order valence-corrected chi connectivity index (χ4v) is 2.29. The van der Waals surface area contributed by atoms with Crippen molar-refractivity contribution in [2.24, 2.45) is 0 Å². The highest BCUT2D eigenvalue weighted by atomic mass is 35.5. The molecule has 0 radical (unpaired) electrons. The summed E-state index contributed by atoms with van der Waals surface area (Å²) in [5.41, 5.74) is 2.11. The van der Waals surface area contributed by atoms with Gasteiger partial charge in [-0.25, -0.2) is 4.79 Å². The van der Waals surface area contributed by atoms with Crippen LogP contribution in [-0.2, 0) is 11.3 Å². The summed E-state index contributed by atoms with van der Waals surface area (Å²) >= 11 is 12.1. The van der Waals surface area contributed by atoms with Crippen molar-refractivity contribution in [3.8, 4) is 0 Å². The number of esters is 1. The molecule has 0 aliphatic rings. The Kier molecular flexibility index (Phi) is 5.10. The molecular weight excluding hydrogens is 309 g/mol. The van der Waals surface area contributed by atoms with E-state index in [9.17, 15) is 4.79 Å². The third-order valence-electron chi connectivity index (χ3n) is 3.03. The third kappa shape index (κ3) is 3.90. The molecule has 21 heavy (non-hydrogen) atoms. The monoisotopic (exact) mass is 323 g/mol. The van der Waals surface area contributed by atoms with Gasteiger partial charge in [-0.05, 0) is 36.4 Å². The van der Waals surface area contributed by atoms with Crippen LogP contribution in [-0.4, -0.2) is 20.1 Å². The van der Waals surface area contributed by atoms with Crippen LogP contribution in [0.1, 0.15) is 15.9 Å². The highest BCUT2D eigenvalue weighted by Crippen LogP contribution is 2.25. The van der Waals surface area contributed by atoms with Crippen molar-refractivity contribution in [3.63, 3.8) is 0 Å². The van der Waals surface area contributed by atoms with E-state index >= 15 is 0 Å². The molecular formula is C16H15Cl2NO2. The lowest BCUT2D eigenvalue weighted by atomic mass is 10.2. The largest absolute Gasteiger partial charge is 0.457 e. The molecule has 0 spiro atoms. The van der Waals surface area contributed by atoms with Gasteiger partial charge in [-0.1, -0.05) is 29.3 Å². The van der Waals surface area contributed by atoms with Crippen LogP contribution in [0.25, 0.3) is 0 Å². The van der Waals surface area contributed by atoms with Crippen LogP contribution >= 0.6 is 23.2 Å². The van der Waals surface area contributed by atoms with Crippen LogP contribution in [0.2, 0.25) is 10.0 Å². The summed E-state index contributed by atoms with van der Waals surface area (Å²) in [5, 5.41) is 0.969. The minimum atomic E-state index is -0.406. The van der Waals surface area contributed by atoms with Gasteiger partial charge in [0.1, 0.15) is 6.61 Å². The molecule has 2 aromatic rings. The molecule has 0 amide bonds. The van der Waals surface area contributed by atoms with Gasteiger partial charge in [0.15, 0.2) is 0 Å². The zero-order chi connectivity index (χ0) is 15.4. The Morgan fingerprint density at radius 2 is 1.62 bits per heavy atom. The summed E-state index contributed by atoms with van der Waals surface area (Å²) in [4.78, 5) is 14.0. The molecule has 3 nitrogen and oxygen atoms in total. The molecule has 0 bridgehead atoms. The van der Waals surface area contributed by atoms with E-state index in [2.05, 4.69) is 0 Å². The molecule has 0 fully saturated rings. The van der Waals surface area contributed by atoms with Crippen molar-refractivity contribution in [1.29, 1.82) is 0 Å². The van der Waals surface area contributed by atoms with Gasteiger partial charge in [0.2, 0.25) is 0 Å². The fourth-order valence-electron chi connectivity index (χ4n) is 1.79. The number of carbonyl (C=O) groups excluding carboxylic acids is 1. The van der Waals surface area contributed by atoms with Crippen molar-refractivity contribution in [2.75, 3.05) is 19.0 Å². The van der Waals surface area contributed by atoms with Crippen LogP contribution in [0.3, 0.4) is 0 Å². The Balaban J connectivity index is 2.05. The van der Waals surface area contributed by atoms with Crippen molar-refractivity contribution < 1.29 is 9.53 Å². The summed E-state index contributed by atoms with van der Waals surface area (Å²) in [6.45, 7) is 0.0484. The molecule has 0 saturated carbocycles. The normalized spacial score (nSPS) is 10.3. The maximum Gasteiger partial charge on any atom is 0.338 e. The van der Waals surface area contributed by atoms with E-state index in [1.807, 2.05) is 31.1 Å². The molecule has 0 saturated heterocycles. The van der Waals surface area contributed by atoms with Gasteiger partial charge < -0.3 is 9.64 Å². The van der Waals surface area contributed by atoms with Gasteiger partial charge in [-0.15, -0.1) is 0 Å². The van der Waals surface area contributed by atoms with Crippen LogP contribution in [0.15, 0.2) is 42.5 Å². The number of hydrogen-bond donors (Lipinski definition) is 0. The number of nitrogens with zero attached hydrogens (tertiary/aromatic N) is 1. The highest BCUT2D eigenvalue weighted by molar-refractivity contribution is 6.35. The molecule has 0 N–H and O–H groups in total. The quantitative estimate of drug-likeness (QED) is 0.780. The van der Waals surface area contributed by atoms with Gasteiger partial charge >= 0.3 is 5.97 Å². The van der Waals surface area contributed by atoms with Gasteiger partial charge in [-0.2, -0.15) is 0 Å². The molecule has 0 heterocycles. The molecule has 0 unspecified atom stereocenters. The maximum atomic E-state index is 12.0. The zero-order valence-electron chi connectivity index (χ0n) is 11.8. The summed E-state index contributed by atoms with van der Waals surface area (Å²) < 4.78 is 5.25.